The van der Waals surface area contributed by atoms with E-state index in [9.17, 15) is 8.42 Å². The zero-order valence-electron chi connectivity index (χ0n) is 16.3. The number of imidazole rings is 1. The van der Waals surface area contributed by atoms with Crippen LogP contribution in [0.1, 0.15) is 19.7 Å². The maximum absolute atomic E-state index is 12.8. The quantitative estimate of drug-likeness (QED) is 0.720. The third-order valence-corrected chi connectivity index (χ3v) is 6.75. The van der Waals surface area contributed by atoms with E-state index in [0.717, 1.165) is 24.7 Å². The molecule has 0 aliphatic carbocycles. The second-order valence-electron chi connectivity index (χ2n) is 6.55. The Kier molecular flexibility index (Phi) is 5.66. The van der Waals surface area contributed by atoms with E-state index in [-0.39, 0.29) is 5.03 Å². The smallest absolute Gasteiger partial charge is 0.262 e. The first kappa shape index (κ1) is 19.6. The highest BCUT2D eigenvalue weighted by Crippen LogP contribution is 2.20. The second kappa shape index (κ2) is 7.81. The molecule has 0 radical (unpaired) electrons. The SMILES string of the molecule is CCN(CC)c1ccc(N2CCN(S(=O)(=O)c3cn(C)c(C)n3)CC2)nn1. The van der Waals surface area contributed by atoms with Crippen molar-refractivity contribution in [1.29, 1.82) is 0 Å². The van der Waals surface area contributed by atoms with Crippen molar-refractivity contribution in [2.75, 3.05) is 49.1 Å². The normalized spacial score (nSPS) is 15.9. The molecule has 2 aromatic heterocycles. The fourth-order valence-electron chi connectivity index (χ4n) is 3.14. The van der Waals surface area contributed by atoms with Gasteiger partial charge in [-0.25, -0.2) is 13.4 Å². The molecule has 0 unspecified atom stereocenters. The van der Waals surface area contributed by atoms with Crippen LogP contribution >= 0.6 is 0 Å². The molecule has 0 bridgehead atoms. The molecule has 9 nitrogen and oxygen atoms in total. The summed E-state index contributed by atoms with van der Waals surface area (Å²) in [5.74, 6) is 2.31. The topological polar surface area (TPSA) is 87.5 Å². The Morgan fingerprint density at radius 3 is 2.22 bits per heavy atom. The summed E-state index contributed by atoms with van der Waals surface area (Å²) in [4.78, 5) is 8.37. The molecular formula is C17H27N7O2S. The summed E-state index contributed by atoms with van der Waals surface area (Å²) < 4.78 is 28.8. The first-order valence-electron chi connectivity index (χ1n) is 9.20. The number of anilines is 2. The lowest BCUT2D eigenvalue weighted by Gasteiger charge is -2.34. The molecule has 27 heavy (non-hydrogen) atoms. The maximum Gasteiger partial charge on any atom is 0.262 e. The van der Waals surface area contributed by atoms with E-state index in [0.29, 0.717) is 32.0 Å². The van der Waals surface area contributed by atoms with Gasteiger partial charge in [0.15, 0.2) is 16.7 Å². The van der Waals surface area contributed by atoms with Crippen LogP contribution in [0.5, 0.6) is 0 Å². The predicted octanol–water partition coefficient (Wildman–Crippen LogP) is 0.876. The molecule has 0 atom stereocenters. The van der Waals surface area contributed by atoms with Gasteiger partial charge in [-0.2, -0.15) is 4.31 Å². The monoisotopic (exact) mass is 393 g/mol. The van der Waals surface area contributed by atoms with Gasteiger partial charge in [-0.1, -0.05) is 0 Å². The van der Waals surface area contributed by atoms with Crippen LogP contribution in [0, 0.1) is 6.92 Å². The summed E-state index contributed by atoms with van der Waals surface area (Å²) in [6.07, 6.45) is 1.56. The number of rotatable bonds is 6. The molecule has 2 aromatic rings. The minimum absolute atomic E-state index is 0.110. The molecule has 1 aliphatic rings. The molecule has 0 spiro atoms. The molecule has 3 heterocycles. The van der Waals surface area contributed by atoms with Gasteiger partial charge in [0, 0.05) is 52.5 Å². The average molecular weight is 394 g/mol. The van der Waals surface area contributed by atoms with Gasteiger partial charge in [0.2, 0.25) is 0 Å². The fourth-order valence-corrected chi connectivity index (χ4v) is 4.59. The summed E-state index contributed by atoms with van der Waals surface area (Å²) in [5.41, 5.74) is 0. The van der Waals surface area contributed by atoms with Crippen LogP contribution in [0.15, 0.2) is 23.4 Å². The fraction of sp³-hybridized carbons (Fsp3) is 0.588. The lowest BCUT2D eigenvalue weighted by atomic mass is 10.3. The molecule has 10 heteroatoms. The van der Waals surface area contributed by atoms with E-state index in [4.69, 9.17) is 0 Å². The lowest BCUT2D eigenvalue weighted by molar-refractivity contribution is 0.382. The molecule has 3 rings (SSSR count). The molecule has 1 aliphatic heterocycles. The summed E-state index contributed by atoms with van der Waals surface area (Å²) in [5, 5.41) is 8.75. The van der Waals surface area contributed by atoms with Crippen molar-refractivity contribution in [3.05, 3.63) is 24.2 Å². The van der Waals surface area contributed by atoms with E-state index < -0.39 is 10.0 Å². The Labute approximate surface area is 160 Å². The van der Waals surface area contributed by atoms with Crippen molar-refractivity contribution in [1.82, 2.24) is 24.1 Å². The third kappa shape index (κ3) is 3.91. The van der Waals surface area contributed by atoms with Crippen LogP contribution in [0.3, 0.4) is 0 Å². The van der Waals surface area contributed by atoms with Crippen molar-refractivity contribution in [3.8, 4) is 0 Å². The van der Waals surface area contributed by atoms with Crippen LogP contribution in [0.25, 0.3) is 0 Å². The van der Waals surface area contributed by atoms with Gasteiger partial charge in [0.25, 0.3) is 10.0 Å². The van der Waals surface area contributed by atoms with Crippen LogP contribution in [0.4, 0.5) is 11.6 Å². The van der Waals surface area contributed by atoms with Crippen molar-refractivity contribution >= 4 is 21.7 Å². The summed E-state index contributed by atoms with van der Waals surface area (Å²) >= 11 is 0. The Balaban J connectivity index is 1.66. The Hall–Kier alpha value is -2.20. The molecule has 0 saturated carbocycles. The highest BCUT2D eigenvalue weighted by atomic mass is 32.2. The highest BCUT2D eigenvalue weighted by Gasteiger charge is 2.31. The Morgan fingerprint density at radius 1 is 1.07 bits per heavy atom. The third-order valence-electron chi connectivity index (χ3n) is 4.98. The average Bonchev–Trinajstić information content (AvgIpc) is 3.03. The Bertz CT molecular complexity index is 848. The van der Waals surface area contributed by atoms with E-state index in [1.165, 1.54) is 4.31 Å². The number of hydrogen-bond donors (Lipinski definition) is 0. The van der Waals surface area contributed by atoms with Gasteiger partial charge in [-0.15, -0.1) is 10.2 Å². The zero-order chi connectivity index (χ0) is 19.6. The molecule has 0 N–H and O–H groups in total. The van der Waals surface area contributed by atoms with Crippen LogP contribution in [-0.4, -0.2) is 71.7 Å². The summed E-state index contributed by atoms with van der Waals surface area (Å²) in [6, 6.07) is 3.92. The molecule has 0 amide bonds. The van der Waals surface area contributed by atoms with Gasteiger partial charge in [0.1, 0.15) is 5.82 Å². The minimum atomic E-state index is -3.56. The minimum Gasteiger partial charge on any atom is -0.356 e. The van der Waals surface area contributed by atoms with Gasteiger partial charge in [-0.05, 0) is 32.9 Å². The van der Waals surface area contributed by atoms with Crippen molar-refractivity contribution in [3.63, 3.8) is 0 Å². The van der Waals surface area contributed by atoms with E-state index in [2.05, 4.69) is 38.8 Å². The first-order valence-corrected chi connectivity index (χ1v) is 10.6. The number of sulfonamides is 1. The number of aryl methyl sites for hydroxylation is 2. The number of piperazine rings is 1. The maximum atomic E-state index is 12.8. The molecular weight excluding hydrogens is 366 g/mol. The van der Waals surface area contributed by atoms with Crippen molar-refractivity contribution < 1.29 is 8.42 Å². The molecule has 0 aromatic carbocycles. The lowest BCUT2D eigenvalue weighted by Crippen LogP contribution is -2.49. The van der Waals surface area contributed by atoms with Crippen LogP contribution < -0.4 is 9.80 Å². The molecule has 148 valence electrons. The van der Waals surface area contributed by atoms with Gasteiger partial charge >= 0.3 is 0 Å². The van der Waals surface area contributed by atoms with Crippen molar-refractivity contribution in [2.24, 2.45) is 7.05 Å². The van der Waals surface area contributed by atoms with Crippen molar-refractivity contribution in [2.45, 2.75) is 25.8 Å². The molecule has 1 fully saturated rings. The van der Waals surface area contributed by atoms with Crippen LogP contribution in [0.2, 0.25) is 0 Å². The first-order chi connectivity index (χ1) is 12.9. The van der Waals surface area contributed by atoms with Gasteiger partial charge in [0.05, 0.1) is 0 Å². The van der Waals surface area contributed by atoms with E-state index in [1.54, 1.807) is 24.7 Å². The number of hydrogen-bond acceptors (Lipinski definition) is 7. The number of nitrogens with zero attached hydrogens (tertiary/aromatic N) is 7. The number of aromatic nitrogens is 4. The van der Waals surface area contributed by atoms with Gasteiger partial charge in [-0.3, -0.25) is 0 Å². The summed E-state index contributed by atoms with van der Waals surface area (Å²) in [7, 11) is -1.77. The Morgan fingerprint density at radius 2 is 1.74 bits per heavy atom. The predicted molar refractivity (Wildman–Crippen MR) is 105 cm³/mol. The van der Waals surface area contributed by atoms with Crippen LogP contribution in [-0.2, 0) is 17.1 Å². The molecule has 1 saturated heterocycles. The zero-order valence-corrected chi connectivity index (χ0v) is 17.1. The standard InChI is InChI=1S/C17H27N7O2S/c1-5-22(6-2)15-7-8-16(20-19-15)23-9-11-24(12-10-23)27(25,26)17-13-21(4)14(3)18-17/h7-8,13H,5-6,9-12H2,1-4H3. The van der Waals surface area contributed by atoms with E-state index in [1.807, 2.05) is 12.1 Å². The second-order valence-corrected chi connectivity index (χ2v) is 8.44. The van der Waals surface area contributed by atoms with Gasteiger partial charge < -0.3 is 14.4 Å². The van der Waals surface area contributed by atoms with E-state index >= 15 is 0 Å². The summed E-state index contributed by atoms with van der Waals surface area (Å²) in [6.45, 7) is 9.67. The highest BCUT2D eigenvalue weighted by molar-refractivity contribution is 7.89. The largest absolute Gasteiger partial charge is 0.356 e.